The Morgan fingerprint density at radius 1 is 1.53 bits per heavy atom. The van der Waals surface area contributed by atoms with E-state index < -0.39 is 29.2 Å². The van der Waals surface area contributed by atoms with Crippen molar-refractivity contribution in [2.45, 2.75) is 6.92 Å². The zero-order chi connectivity index (χ0) is 14.6. The smallest absolute Gasteiger partial charge is 0.332 e. The summed E-state index contributed by atoms with van der Waals surface area (Å²) in [5.74, 6) is -2.36. The maximum atomic E-state index is 10.5. The van der Waals surface area contributed by atoms with Crippen molar-refractivity contribution in [3.8, 4) is 18.2 Å². The molecule has 1 rings (SSSR count). The fourth-order valence-electron chi connectivity index (χ4n) is 2.17. The number of nitrogens with zero attached hydrogens (tertiary/aromatic N) is 4. The first kappa shape index (κ1) is 14.1. The summed E-state index contributed by atoms with van der Waals surface area (Å²) in [5.41, 5.74) is 5.17. The van der Waals surface area contributed by atoms with Gasteiger partial charge in [0.05, 0.1) is 18.2 Å². The number of hydrazone groups is 1. The van der Waals surface area contributed by atoms with Crippen molar-refractivity contribution >= 4 is 18.0 Å². The number of nitriles is 3. The molecule has 0 radical (unpaired) electrons. The van der Waals surface area contributed by atoms with Crippen LogP contribution < -0.4 is 11.2 Å². The van der Waals surface area contributed by atoms with Crippen LogP contribution in [0, 0.1) is 62.6 Å². The van der Waals surface area contributed by atoms with E-state index in [0.29, 0.717) is 0 Å². The Morgan fingerprint density at radius 3 is 2.47 bits per heavy atom. The van der Waals surface area contributed by atoms with E-state index in [1.165, 1.54) is 6.21 Å². The first-order chi connectivity index (χ1) is 8.94. The monoisotopic (exact) mass is 257 g/mol. The number of primary amides is 1. The van der Waals surface area contributed by atoms with Gasteiger partial charge in [-0.2, -0.15) is 20.9 Å². The second-order valence-corrected chi connectivity index (χ2v) is 4.18. The average Bonchev–Trinajstić information content (AvgIpc) is 2.58. The minimum atomic E-state index is -1.57. The van der Waals surface area contributed by atoms with Crippen molar-refractivity contribution in [3.63, 3.8) is 0 Å². The SMILES string of the molecule is C[C@H]1[C@H](/C=N\NC(N)=O)C(=N)C(C#N)C1(C#N)C#N. The summed E-state index contributed by atoms with van der Waals surface area (Å²) in [6.07, 6.45) is 1.22. The van der Waals surface area contributed by atoms with E-state index in [1.807, 2.05) is 23.6 Å². The molecule has 1 aliphatic carbocycles. The van der Waals surface area contributed by atoms with E-state index in [2.05, 4.69) is 5.10 Å². The molecular weight excluding hydrogens is 246 g/mol. The van der Waals surface area contributed by atoms with E-state index in [4.69, 9.17) is 16.4 Å². The normalized spacial score (nSPS) is 28.3. The maximum Gasteiger partial charge on any atom is 0.332 e. The van der Waals surface area contributed by atoms with Gasteiger partial charge in [0, 0.05) is 23.8 Å². The second kappa shape index (κ2) is 5.16. The Hall–Kier alpha value is -2.92. The van der Waals surface area contributed by atoms with Crippen LogP contribution in [0.25, 0.3) is 0 Å². The molecule has 2 amide bonds. The summed E-state index contributed by atoms with van der Waals surface area (Å²) >= 11 is 0. The number of hydrogen-bond donors (Lipinski definition) is 3. The van der Waals surface area contributed by atoms with E-state index in [9.17, 15) is 15.3 Å². The molecule has 0 bridgehead atoms. The van der Waals surface area contributed by atoms with Gasteiger partial charge >= 0.3 is 6.03 Å². The Bertz CT molecular complexity index is 545. The van der Waals surface area contributed by atoms with Crippen molar-refractivity contribution < 1.29 is 4.79 Å². The lowest BCUT2D eigenvalue weighted by molar-refractivity contribution is 0.249. The lowest BCUT2D eigenvalue weighted by Gasteiger charge is -2.20. The largest absolute Gasteiger partial charge is 0.350 e. The van der Waals surface area contributed by atoms with Gasteiger partial charge in [0.1, 0.15) is 5.92 Å². The van der Waals surface area contributed by atoms with Crippen molar-refractivity contribution in [2.24, 2.45) is 34.0 Å². The molecule has 0 aromatic carbocycles. The van der Waals surface area contributed by atoms with E-state index in [0.717, 1.165) is 0 Å². The number of amides is 2. The molecule has 1 fully saturated rings. The van der Waals surface area contributed by atoms with Gasteiger partial charge in [-0.3, -0.25) is 0 Å². The van der Waals surface area contributed by atoms with Crippen LogP contribution in [-0.4, -0.2) is 18.0 Å². The fourth-order valence-corrected chi connectivity index (χ4v) is 2.17. The van der Waals surface area contributed by atoms with Gasteiger partial charge in [0.2, 0.25) is 0 Å². The first-order valence-electron chi connectivity index (χ1n) is 5.33. The van der Waals surface area contributed by atoms with Crippen LogP contribution in [0.3, 0.4) is 0 Å². The topological polar surface area (TPSA) is 163 Å². The lowest BCUT2D eigenvalue weighted by atomic mass is 9.74. The summed E-state index contributed by atoms with van der Waals surface area (Å²) in [7, 11) is 0. The summed E-state index contributed by atoms with van der Waals surface area (Å²) in [6, 6.07) is 4.64. The van der Waals surface area contributed by atoms with Gasteiger partial charge in [-0.25, -0.2) is 10.2 Å². The van der Waals surface area contributed by atoms with Crippen molar-refractivity contribution in [1.82, 2.24) is 5.43 Å². The van der Waals surface area contributed by atoms with Crippen LogP contribution in [0.5, 0.6) is 0 Å². The number of nitrogens with one attached hydrogen (secondary N) is 2. The van der Waals surface area contributed by atoms with Gasteiger partial charge in [-0.1, -0.05) is 6.92 Å². The van der Waals surface area contributed by atoms with Crippen molar-refractivity contribution in [3.05, 3.63) is 0 Å². The molecular formula is C11H11N7O. The van der Waals surface area contributed by atoms with Crippen LogP contribution >= 0.6 is 0 Å². The first-order valence-corrected chi connectivity index (χ1v) is 5.33. The van der Waals surface area contributed by atoms with Crippen LogP contribution in [-0.2, 0) is 0 Å². The molecule has 19 heavy (non-hydrogen) atoms. The molecule has 4 N–H and O–H groups in total. The van der Waals surface area contributed by atoms with Crippen LogP contribution in [0.2, 0.25) is 0 Å². The highest BCUT2D eigenvalue weighted by molar-refractivity contribution is 6.03. The second-order valence-electron chi connectivity index (χ2n) is 4.18. The van der Waals surface area contributed by atoms with Gasteiger partial charge in [-0.05, 0) is 0 Å². The highest BCUT2D eigenvalue weighted by Gasteiger charge is 2.57. The summed E-state index contributed by atoms with van der Waals surface area (Å²) < 4.78 is 0. The third-order valence-electron chi connectivity index (χ3n) is 3.29. The number of nitrogens with two attached hydrogens (primary N) is 1. The number of carbonyl (C=O) groups excluding carboxylic acids is 1. The molecule has 0 aliphatic heterocycles. The zero-order valence-corrected chi connectivity index (χ0v) is 10.1. The average molecular weight is 257 g/mol. The maximum absolute atomic E-state index is 10.5. The molecule has 0 heterocycles. The van der Waals surface area contributed by atoms with Gasteiger partial charge < -0.3 is 11.1 Å². The molecule has 8 nitrogen and oxygen atoms in total. The number of urea groups is 1. The molecule has 1 unspecified atom stereocenters. The minimum Gasteiger partial charge on any atom is -0.350 e. The van der Waals surface area contributed by atoms with E-state index >= 15 is 0 Å². The van der Waals surface area contributed by atoms with E-state index in [1.54, 1.807) is 6.92 Å². The standard InChI is InChI=1S/C11H11N7O/c1-6-7(3-17-18-10(16)19)9(15)8(2-12)11(6,4-13)5-14/h3,6-8,15H,1H3,(H3,16,18,19)/b15-9?,17-3-/t6-,7-,8?/m0/s1. The zero-order valence-electron chi connectivity index (χ0n) is 10.1. The molecule has 1 aliphatic rings. The Labute approximate surface area is 109 Å². The van der Waals surface area contributed by atoms with Crippen molar-refractivity contribution in [2.75, 3.05) is 0 Å². The van der Waals surface area contributed by atoms with E-state index in [-0.39, 0.29) is 5.71 Å². The predicted octanol–water partition coefficient (Wildman–Crippen LogP) is 0.0995. The molecule has 3 atom stereocenters. The predicted molar refractivity (Wildman–Crippen MR) is 64.4 cm³/mol. The molecule has 1 saturated carbocycles. The summed E-state index contributed by atoms with van der Waals surface area (Å²) in [4.78, 5) is 10.5. The highest BCUT2D eigenvalue weighted by Crippen LogP contribution is 2.47. The third-order valence-corrected chi connectivity index (χ3v) is 3.29. The Kier molecular flexibility index (Phi) is 3.84. The third kappa shape index (κ3) is 2.10. The quantitative estimate of drug-likeness (QED) is 0.472. The number of rotatable bonds is 2. The summed E-state index contributed by atoms with van der Waals surface area (Å²) in [6.45, 7) is 1.60. The molecule has 0 aromatic rings. The van der Waals surface area contributed by atoms with Crippen LogP contribution in [0.15, 0.2) is 5.10 Å². The van der Waals surface area contributed by atoms with Crippen LogP contribution in [0.4, 0.5) is 4.79 Å². The van der Waals surface area contributed by atoms with Gasteiger partial charge in [0.15, 0.2) is 5.41 Å². The minimum absolute atomic E-state index is 0.0619. The van der Waals surface area contributed by atoms with Crippen molar-refractivity contribution in [1.29, 1.82) is 21.2 Å². The fraction of sp³-hybridized carbons (Fsp3) is 0.455. The highest BCUT2D eigenvalue weighted by atomic mass is 16.2. The molecule has 8 heteroatoms. The molecule has 0 aromatic heterocycles. The van der Waals surface area contributed by atoms with Gasteiger partial charge in [-0.15, -0.1) is 0 Å². The lowest BCUT2D eigenvalue weighted by Crippen LogP contribution is -2.29. The van der Waals surface area contributed by atoms with Crippen LogP contribution in [0.1, 0.15) is 6.92 Å². The molecule has 0 spiro atoms. The Balaban J connectivity index is 3.13. The molecule has 96 valence electrons. The number of hydrogen-bond acceptors (Lipinski definition) is 6. The van der Waals surface area contributed by atoms with Gasteiger partial charge in [0.25, 0.3) is 0 Å². The summed E-state index contributed by atoms with van der Waals surface area (Å²) in [5, 5.41) is 38.8. The Morgan fingerprint density at radius 2 is 2.11 bits per heavy atom. The number of carbonyl (C=O) groups is 1. The molecule has 0 saturated heterocycles.